The molecule has 0 aliphatic rings. The fraction of sp³-hybridized carbons (Fsp3) is 0.929. The summed E-state index contributed by atoms with van der Waals surface area (Å²) in [5, 5.41) is 9.94. The third-order valence-electron chi connectivity index (χ3n) is 3.63. The van der Waals surface area contributed by atoms with Crippen LogP contribution in [0.15, 0.2) is 0 Å². The number of hydrogen-bond acceptors (Lipinski definition) is 3. The van der Waals surface area contributed by atoms with E-state index < -0.39 is 11.2 Å². The minimum Gasteiger partial charge on any atom is -0.382 e. The Morgan fingerprint density at radius 1 is 1.24 bits per heavy atom. The van der Waals surface area contributed by atoms with E-state index in [1.807, 2.05) is 27.7 Å². The van der Waals surface area contributed by atoms with Crippen LogP contribution in [0.4, 0.5) is 0 Å². The number of carbonyl (C=O) groups excluding carboxylic acids is 1. The van der Waals surface area contributed by atoms with Crippen LogP contribution < -0.4 is 0 Å². The summed E-state index contributed by atoms with van der Waals surface area (Å²) in [6.45, 7) is 11.4. The number of carbonyl (C=O) groups is 1. The Morgan fingerprint density at radius 3 is 2.12 bits per heavy atom. The number of Topliss-reactive ketones (excluding diaryl/α,β-unsaturated/α-hetero) is 1. The van der Waals surface area contributed by atoms with Crippen molar-refractivity contribution in [2.24, 2.45) is 0 Å². The zero-order valence-corrected chi connectivity index (χ0v) is 12.2. The van der Waals surface area contributed by atoms with Gasteiger partial charge in [0.05, 0.1) is 11.7 Å². The van der Waals surface area contributed by atoms with Gasteiger partial charge in [0, 0.05) is 6.42 Å². The molecule has 0 aromatic carbocycles. The lowest BCUT2D eigenvalue weighted by molar-refractivity contribution is -0.147. The summed E-state index contributed by atoms with van der Waals surface area (Å²) in [5.41, 5.74) is -1.69. The standard InChI is InChI=1S/C14H28O3/c1-7-11(4)17-13(5,8-2)10-12(15)14(6,16)9-3/h11,16H,7-10H2,1-6H3. The lowest BCUT2D eigenvalue weighted by Crippen LogP contribution is -2.42. The maximum absolute atomic E-state index is 12.0. The number of ketones is 1. The molecule has 102 valence electrons. The van der Waals surface area contributed by atoms with Gasteiger partial charge in [0.2, 0.25) is 0 Å². The maximum atomic E-state index is 12.0. The van der Waals surface area contributed by atoms with Crippen LogP contribution in [0, 0.1) is 0 Å². The topological polar surface area (TPSA) is 46.5 Å². The number of ether oxygens (including phenoxy) is 1. The van der Waals surface area contributed by atoms with Gasteiger partial charge in [-0.2, -0.15) is 0 Å². The maximum Gasteiger partial charge on any atom is 0.166 e. The van der Waals surface area contributed by atoms with Gasteiger partial charge in [0.1, 0.15) is 5.60 Å². The molecule has 0 aromatic heterocycles. The minimum absolute atomic E-state index is 0.132. The number of aliphatic hydroxyl groups is 1. The SMILES string of the molecule is CCC(C)OC(C)(CC)CC(=O)C(C)(O)CC. The van der Waals surface area contributed by atoms with Gasteiger partial charge in [-0.1, -0.05) is 20.8 Å². The van der Waals surface area contributed by atoms with Crippen LogP contribution in [0.3, 0.4) is 0 Å². The van der Waals surface area contributed by atoms with E-state index in [2.05, 4.69) is 6.92 Å². The van der Waals surface area contributed by atoms with Crippen LogP contribution in [0.1, 0.15) is 67.2 Å². The molecule has 3 atom stereocenters. The molecule has 0 rings (SSSR count). The van der Waals surface area contributed by atoms with Crippen molar-refractivity contribution in [3.63, 3.8) is 0 Å². The summed E-state index contributed by atoms with van der Waals surface area (Å²) in [5.74, 6) is -0.132. The molecule has 0 bridgehead atoms. The summed E-state index contributed by atoms with van der Waals surface area (Å²) in [7, 11) is 0. The van der Waals surface area contributed by atoms with Crippen molar-refractivity contribution in [3.8, 4) is 0 Å². The van der Waals surface area contributed by atoms with E-state index in [0.717, 1.165) is 12.8 Å². The molecule has 0 amide bonds. The summed E-state index contributed by atoms with van der Waals surface area (Å²) >= 11 is 0. The molecule has 17 heavy (non-hydrogen) atoms. The summed E-state index contributed by atoms with van der Waals surface area (Å²) < 4.78 is 5.91. The van der Waals surface area contributed by atoms with Crippen LogP contribution in [-0.4, -0.2) is 28.2 Å². The molecular formula is C14H28O3. The summed E-state index contributed by atoms with van der Waals surface area (Å²) in [6.07, 6.45) is 2.54. The Bertz CT molecular complexity index is 248. The van der Waals surface area contributed by atoms with Crippen molar-refractivity contribution in [1.29, 1.82) is 0 Å². The van der Waals surface area contributed by atoms with Gasteiger partial charge in [0.15, 0.2) is 5.78 Å². The molecule has 3 heteroatoms. The Labute approximate surface area is 106 Å². The molecule has 0 aromatic rings. The van der Waals surface area contributed by atoms with E-state index >= 15 is 0 Å². The molecule has 0 aliphatic heterocycles. The van der Waals surface area contributed by atoms with Crippen molar-refractivity contribution in [1.82, 2.24) is 0 Å². The molecule has 0 radical (unpaired) electrons. The van der Waals surface area contributed by atoms with Gasteiger partial charge < -0.3 is 9.84 Å². The largest absolute Gasteiger partial charge is 0.382 e. The van der Waals surface area contributed by atoms with Gasteiger partial charge in [-0.05, 0) is 40.0 Å². The first-order valence-corrected chi connectivity index (χ1v) is 6.64. The van der Waals surface area contributed by atoms with E-state index in [1.165, 1.54) is 0 Å². The van der Waals surface area contributed by atoms with Gasteiger partial charge >= 0.3 is 0 Å². The average molecular weight is 244 g/mol. The van der Waals surface area contributed by atoms with Gasteiger partial charge in [0.25, 0.3) is 0 Å². The number of hydrogen-bond donors (Lipinski definition) is 1. The molecule has 3 nitrogen and oxygen atoms in total. The highest BCUT2D eigenvalue weighted by Gasteiger charge is 2.35. The van der Waals surface area contributed by atoms with Crippen LogP contribution in [0.25, 0.3) is 0 Å². The molecule has 1 N–H and O–H groups in total. The monoisotopic (exact) mass is 244 g/mol. The first kappa shape index (κ1) is 16.6. The van der Waals surface area contributed by atoms with Crippen LogP contribution in [-0.2, 0) is 9.53 Å². The van der Waals surface area contributed by atoms with E-state index in [4.69, 9.17) is 4.74 Å². The Morgan fingerprint density at radius 2 is 1.76 bits per heavy atom. The molecule has 3 unspecified atom stereocenters. The van der Waals surface area contributed by atoms with E-state index in [0.29, 0.717) is 6.42 Å². The quantitative estimate of drug-likeness (QED) is 0.713. The zero-order chi connectivity index (χ0) is 13.7. The predicted octanol–water partition coefficient (Wildman–Crippen LogP) is 3.09. The first-order chi connectivity index (χ1) is 7.70. The van der Waals surface area contributed by atoms with Crippen molar-refractivity contribution in [2.45, 2.75) is 84.5 Å². The van der Waals surface area contributed by atoms with Gasteiger partial charge in [-0.25, -0.2) is 0 Å². The third kappa shape index (κ3) is 5.17. The van der Waals surface area contributed by atoms with Gasteiger partial charge in [-0.15, -0.1) is 0 Å². The van der Waals surface area contributed by atoms with Crippen molar-refractivity contribution >= 4 is 5.78 Å². The normalized spacial score (nSPS) is 20.4. The molecule has 0 saturated heterocycles. The smallest absolute Gasteiger partial charge is 0.166 e. The highest BCUT2D eigenvalue weighted by Crippen LogP contribution is 2.26. The van der Waals surface area contributed by atoms with Crippen LogP contribution in [0.2, 0.25) is 0 Å². The average Bonchev–Trinajstić information content (AvgIpc) is 2.28. The highest BCUT2D eigenvalue weighted by molar-refractivity contribution is 5.87. The minimum atomic E-state index is -1.23. The lowest BCUT2D eigenvalue weighted by atomic mass is 9.87. The number of rotatable bonds is 8. The van der Waals surface area contributed by atoms with E-state index in [9.17, 15) is 9.90 Å². The molecule has 0 aliphatic carbocycles. The van der Waals surface area contributed by atoms with Crippen LogP contribution in [0.5, 0.6) is 0 Å². The zero-order valence-electron chi connectivity index (χ0n) is 12.2. The van der Waals surface area contributed by atoms with Gasteiger partial charge in [-0.3, -0.25) is 4.79 Å². The third-order valence-corrected chi connectivity index (χ3v) is 3.63. The molecule has 0 saturated carbocycles. The fourth-order valence-electron chi connectivity index (χ4n) is 1.55. The fourth-order valence-corrected chi connectivity index (χ4v) is 1.55. The molecular weight excluding hydrogens is 216 g/mol. The molecule has 0 heterocycles. The van der Waals surface area contributed by atoms with Crippen molar-refractivity contribution in [2.75, 3.05) is 0 Å². The summed E-state index contributed by atoms with van der Waals surface area (Å²) in [4.78, 5) is 12.0. The van der Waals surface area contributed by atoms with E-state index in [1.54, 1.807) is 6.92 Å². The molecule has 0 spiro atoms. The van der Waals surface area contributed by atoms with Crippen LogP contribution >= 0.6 is 0 Å². The predicted molar refractivity (Wildman–Crippen MR) is 70.1 cm³/mol. The molecule has 0 fully saturated rings. The summed E-state index contributed by atoms with van der Waals surface area (Å²) in [6, 6.07) is 0. The second kappa shape index (κ2) is 6.50. The van der Waals surface area contributed by atoms with Crippen molar-refractivity contribution in [3.05, 3.63) is 0 Å². The lowest BCUT2D eigenvalue weighted by Gasteiger charge is -2.33. The second-order valence-electron chi connectivity index (χ2n) is 5.37. The van der Waals surface area contributed by atoms with Crippen molar-refractivity contribution < 1.29 is 14.6 Å². The highest BCUT2D eigenvalue weighted by atomic mass is 16.5. The Hall–Kier alpha value is -0.410. The Balaban J connectivity index is 4.63. The second-order valence-corrected chi connectivity index (χ2v) is 5.37. The Kier molecular flexibility index (Phi) is 6.35. The first-order valence-electron chi connectivity index (χ1n) is 6.64. The van der Waals surface area contributed by atoms with E-state index in [-0.39, 0.29) is 18.3 Å².